The molecule has 116 valence electrons. The Morgan fingerprint density at radius 1 is 0.955 bits per heavy atom. The van der Waals surface area contributed by atoms with Crippen molar-refractivity contribution in [2.24, 2.45) is 0 Å². The summed E-state index contributed by atoms with van der Waals surface area (Å²) in [7, 11) is 3.92. The summed E-state index contributed by atoms with van der Waals surface area (Å²) in [5.74, 6) is -0.213. The van der Waals surface area contributed by atoms with Gasteiger partial charge in [0.2, 0.25) is 0 Å². The number of nitrogens with zero attached hydrogens (tertiary/aromatic N) is 1. The molecule has 2 aromatic rings. The molecule has 0 N–H and O–H groups in total. The smallest absolute Gasteiger partial charge is 0.182 e. The molecule has 0 amide bonds. The summed E-state index contributed by atoms with van der Waals surface area (Å²) in [6.07, 6.45) is 0. The van der Waals surface area contributed by atoms with Gasteiger partial charge in [0.25, 0.3) is 0 Å². The molecule has 0 saturated heterocycles. The number of anilines is 1. The largest absolute Gasteiger partial charge is 0.378 e. The lowest BCUT2D eigenvalue weighted by atomic mass is 10.0. The number of benzene rings is 2. The minimum absolute atomic E-state index is 0.213. The number of hydrogen-bond acceptors (Lipinski definition) is 2. The maximum Gasteiger partial charge on any atom is 0.182 e. The minimum Gasteiger partial charge on any atom is -0.378 e. The lowest BCUT2D eigenvalue weighted by Crippen LogP contribution is -2.20. The number of hydrogen-bond donors (Lipinski definition) is 0. The van der Waals surface area contributed by atoms with Crippen LogP contribution in [0.2, 0.25) is 5.02 Å². The molecule has 0 unspecified atom stereocenters. The van der Waals surface area contributed by atoms with Crippen molar-refractivity contribution in [1.29, 1.82) is 0 Å². The van der Waals surface area contributed by atoms with Gasteiger partial charge in [0.05, 0.1) is 5.38 Å². The molecule has 2 atom stereocenters. The van der Waals surface area contributed by atoms with Gasteiger partial charge in [-0.15, -0.1) is 23.2 Å². The van der Waals surface area contributed by atoms with Crippen molar-refractivity contribution < 1.29 is 4.79 Å². The van der Waals surface area contributed by atoms with Crippen LogP contribution in [-0.4, -0.2) is 25.3 Å². The molecule has 0 saturated carbocycles. The molecule has 2 rings (SSSR count). The zero-order valence-corrected chi connectivity index (χ0v) is 14.5. The van der Waals surface area contributed by atoms with Crippen molar-refractivity contribution in [2.75, 3.05) is 19.0 Å². The molecule has 0 fully saturated rings. The first-order valence-corrected chi connectivity index (χ1v) is 8.00. The van der Waals surface area contributed by atoms with E-state index >= 15 is 0 Å². The average molecular weight is 357 g/mol. The van der Waals surface area contributed by atoms with Gasteiger partial charge in [-0.05, 0) is 42.0 Å². The maximum absolute atomic E-state index is 12.4. The van der Waals surface area contributed by atoms with Crippen LogP contribution in [0.4, 0.5) is 5.69 Å². The fourth-order valence-electron chi connectivity index (χ4n) is 2.03. The Labute approximate surface area is 145 Å². The third kappa shape index (κ3) is 3.95. The van der Waals surface area contributed by atoms with Crippen molar-refractivity contribution in [3.8, 4) is 0 Å². The number of rotatable bonds is 5. The second kappa shape index (κ2) is 7.36. The van der Waals surface area contributed by atoms with E-state index in [1.165, 1.54) is 0 Å². The van der Waals surface area contributed by atoms with Gasteiger partial charge in [0.15, 0.2) is 5.78 Å². The van der Waals surface area contributed by atoms with E-state index in [0.29, 0.717) is 10.6 Å². The predicted octanol–water partition coefficient (Wildman–Crippen LogP) is 5.18. The van der Waals surface area contributed by atoms with Crippen LogP contribution in [0.1, 0.15) is 21.3 Å². The Hall–Kier alpha value is -1.22. The van der Waals surface area contributed by atoms with E-state index in [2.05, 4.69) is 0 Å². The van der Waals surface area contributed by atoms with Crippen molar-refractivity contribution in [2.45, 2.75) is 10.8 Å². The Morgan fingerprint density at radius 2 is 1.50 bits per heavy atom. The summed E-state index contributed by atoms with van der Waals surface area (Å²) < 4.78 is 0. The van der Waals surface area contributed by atoms with Crippen LogP contribution < -0.4 is 4.90 Å². The highest BCUT2D eigenvalue weighted by molar-refractivity contribution is 6.39. The molecule has 0 aliphatic carbocycles. The number of carbonyl (C=O) groups is 1. The van der Waals surface area contributed by atoms with E-state index in [1.54, 1.807) is 24.3 Å². The Bertz CT molecular complexity index is 638. The molecule has 2 aromatic carbocycles. The van der Waals surface area contributed by atoms with Gasteiger partial charge in [-0.3, -0.25) is 4.79 Å². The number of alkyl halides is 2. The second-order valence-electron chi connectivity index (χ2n) is 5.16. The number of carbonyl (C=O) groups excluding carboxylic acids is 1. The molecular formula is C17H16Cl3NO. The number of halogens is 3. The van der Waals surface area contributed by atoms with Gasteiger partial charge in [0.1, 0.15) is 5.38 Å². The zero-order valence-electron chi connectivity index (χ0n) is 12.3. The van der Waals surface area contributed by atoms with Gasteiger partial charge >= 0.3 is 0 Å². The summed E-state index contributed by atoms with van der Waals surface area (Å²) in [6.45, 7) is 0. The molecule has 5 heteroatoms. The van der Waals surface area contributed by atoms with Crippen LogP contribution in [0, 0.1) is 0 Å². The molecule has 0 heterocycles. The van der Waals surface area contributed by atoms with Gasteiger partial charge in [0, 0.05) is 30.4 Å². The summed E-state index contributed by atoms with van der Waals surface area (Å²) >= 11 is 18.5. The molecule has 0 spiro atoms. The zero-order chi connectivity index (χ0) is 16.3. The highest BCUT2D eigenvalue weighted by Crippen LogP contribution is 2.31. The fraction of sp³-hybridized carbons (Fsp3) is 0.235. The van der Waals surface area contributed by atoms with Crippen LogP contribution in [0.5, 0.6) is 0 Å². The van der Waals surface area contributed by atoms with Gasteiger partial charge in [-0.1, -0.05) is 23.7 Å². The molecule has 0 radical (unpaired) electrons. The molecule has 0 bridgehead atoms. The number of Topliss-reactive ketones (excluding diaryl/α,β-unsaturated/α-hetero) is 1. The quantitative estimate of drug-likeness (QED) is 0.543. The lowest BCUT2D eigenvalue weighted by Gasteiger charge is -2.17. The standard InChI is InChI=1S/C17H16Cl3NO/c1-21(2)14-9-5-11(6-10-14)15(19)16(20)17(22)12-3-7-13(18)8-4-12/h3-10,15-16H,1-2H3/t15-,16+/m0/s1. The molecule has 0 aromatic heterocycles. The van der Waals surface area contributed by atoms with Crippen molar-refractivity contribution >= 4 is 46.3 Å². The summed E-state index contributed by atoms with van der Waals surface area (Å²) in [5.41, 5.74) is 2.37. The average Bonchev–Trinajstić information content (AvgIpc) is 2.53. The summed E-state index contributed by atoms with van der Waals surface area (Å²) in [6, 6.07) is 14.3. The predicted molar refractivity (Wildman–Crippen MR) is 94.8 cm³/mol. The monoisotopic (exact) mass is 355 g/mol. The maximum atomic E-state index is 12.4. The van der Waals surface area contributed by atoms with Gasteiger partial charge < -0.3 is 4.90 Å². The van der Waals surface area contributed by atoms with Crippen molar-refractivity contribution in [3.63, 3.8) is 0 Å². The second-order valence-corrected chi connectivity index (χ2v) is 6.54. The first-order valence-electron chi connectivity index (χ1n) is 6.75. The Kier molecular flexibility index (Phi) is 5.74. The van der Waals surface area contributed by atoms with Crippen LogP contribution in [0.25, 0.3) is 0 Å². The topological polar surface area (TPSA) is 20.3 Å². The first kappa shape index (κ1) is 17.1. The third-order valence-electron chi connectivity index (χ3n) is 3.36. The molecule has 0 aliphatic rings. The van der Waals surface area contributed by atoms with E-state index in [-0.39, 0.29) is 5.78 Å². The highest BCUT2D eigenvalue weighted by atomic mass is 35.5. The first-order chi connectivity index (χ1) is 10.4. The van der Waals surface area contributed by atoms with Gasteiger partial charge in [-0.2, -0.15) is 0 Å². The van der Waals surface area contributed by atoms with Gasteiger partial charge in [-0.25, -0.2) is 0 Å². The summed E-state index contributed by atoms with van der Waals surface area (Å²) in [5, 5.41) is -0.863. The molecule has 22 heavy (non-hydrogen) atoms. The molecule has 0 aliphatic heterocycles. The fourth-order valence-corrected chi connectivity index (χ4v) is 2.69. The highest BCUT2D eigenvalue weighted by Gasteiger charge is 2.26. The normalized spacial score (nSPS) is 13.5. The Morgan fingerprint density at radius 3 is 2.00 bits per heavy atom. The number of ketones is 1. The lowest BCUT2D eigenvalue weighted by molar-refractivity contribution is 0.0985. The molecule has 2 nitrogen and oxygen atoms in total. The van der Waals surface area contributed by atoms with E-state index in [9.17, 15) is 4.79 Å². The van der Waals surface area contributed by atoms with E-state index in [0.717, 1.165) is 11.3 Å². The SMILES string of the molecule is CN(C)c1ccc([C@H](Cl)[C@@H](Cl)C(=O)c2ccc(Cl)cc2)cc1. The van der Waals surface area contributed by atoms with Crippen LogP contribution in [0.15, 0.2) is 48.5 Å². The van der Waals surface area contributed by atoms with Crippen LogP contribution >= 0.6 is 34.8 Å². The minimum atomic E-state index is -0.840. The van der Waals surface area contributed by atoms with E-state index in [4.69, 9.17) is 34.8 Å². The third-order valence-corrected chi connectivity index (χ3v) is 4.70. The van der Waals surface area contributed by atoms with Crippen molar-refractivity contribution in [1.82, 2.24) is 0 Å². The van der Waals surface area contributed by atoms with E-state index in [1.807, 2.05) is 43.3 Å². The summed E-state index contributed by atoms with van der Waals surface area (Å²) in [4.78, 5) is 14.4. The molecular weight excluding hydrogens is 341 g/mol. The van der Waals surface area contributed by atoms with Crippen LogP contribution in [0.3, 0.4) is 0 Å². The van der Waals surface area contributed by atoms with E-state index < -0.39 is 10.8 Å². The van der Waals surface area contributed by atoms with Crippen LogP contribution in [-0.2, 0) is 0 Å². The van der Waals surface area contributed by atoms with Crippen molar-refractivity contribution in [3.05, 3.63) is 64.7 Å². The Balaban J connectivity index is 2.15.